The molecule has 0 radical (unpaired) electrons. The maximum atomic E-state index is 11.4. The van der Waals surface area contributed by atoms with Crippen molar-refractivity contribution in [3.05, 3.63) is 46.0 Å². The molecule has 1 aromatic carbocycles. The summed E-state index contributed by atoms with van der Waals surface area (Å²) in [4.78, 5) is 21.7. The maximum absolute atomic E-state index is 11.4. The number of aryl methyl sites for hydroxylation is 1. The van der Waals surface area contributed by atoms with Crippen molar-refractivity contribution in [3.8, 4) is 5.75 Å². The molecule has 0 bridgehead atoms. The van der Waals surface area contributed by atoms with E-state index in [1.807, 2.05) is 0 Å². The van der Waals surface area contributed by atoms with Gasteiger partial charge in [0.05, 0.1) is 17.6 Å². The van der Waals surface area contributed by atoms with Crippen LogP contribution in [0.2, 0.25) is 0 Å². The molecule has 0 saturated heterocycles. The Hall–Kier alpha value is -2.37. The van der Waals surface area contributed by atoms with Gasteiger partial charge in [-0.2, -0.15) is 0 Å². The van der Waals surface area contributed by atoms with Gasteiger partial charge in [0.25, 0.3) is 0 Å². The lowest BCUT2D eigenvalue weighted by Crippen LogP contribution is -2.06. The van der Waals surface area contributed by atoms with Gasteiger partial charge in [-0.3, -0.25) is 10.1 Å². The number of rotatable bonds is 5. The largest absolute Gasteiger partial charge is 0.483 e. The zero-order chi connectivity index (χ0) is 13.7. The number of esters is 1. The van der Waals surface area contributed by atoms with Gasteiger partial charge in [-0.05, 0) is 18.6 Å². The van der Waals surface area contributed by atoms with Gasteiger partial charge in [-0.15, -0.1) is 0 Å². The number of hydrogen-bond donors (Lipinski definition) is 0. The molecule has 0 aromatic heterocycles. The first-order valence-corrected chi connectivity index (χ1v) is 5.12. The molecule has 0 spiro atoms. The standard InChI is InChI=1S/C12H13NO5/c1-4-5-18-11-6-8(2)9(12(14)17-3)7-10(11)13(15)16/h4,6-7H,1,5H2,2-3H3. The summed E-state index contributed by atoms with van der Waals surface area (Å²) in [5.41, 5.74) is 0.421. The monoisotopic (exact) mass is 251 g/mol. The predicted octanol–water partition coefficient (Wildman–Crippen LogP) is 2.25. The number of hydrogen-bond acceptors (Lipinski definition) is 5. The molecule has 0 atom stereocenters. The molecule has 0 fully saturated rings. The molecule has 0 aliphatic rings. The number of carbonyl (C=O) groups excluding carboxylic acids is 1. The number of nitrogens with zero attached hydrogens (tertiary/aromatic N) is 1. The summed E-state index contributed by atoms with van der Waals surface area (Å²) in [5, 5.41) is 10.9. The van der Waals surface area contributed by atoms with Crippen molar-refractivity contribution >= 4 is 11.7 Å². The number of nitro benzene ring substituents is 1. The molecule has 0 heterocycles. The first-order valence-electron chi connectivity index (χ1n) is 5.12. The highest BCUT2D eigenvalue weighted by molar-refractivity contribution is 5.92. The van der Waals surface area contributed by atoms with Gasteiger partial charge in [0.2, 0.25) is 0 Å². The summed E-state index contributed by atoms with van der Waals surface area (Å²) in [6, 6.07) is 2.59. The summed E-state index contributed by atoms with van der Waals surface area (Å²) in [5.74, 6) is -0.518. The van der Waals surface area contributed by atoms with E-state index in [2.05, 4.69) is 11.3 Å². The third kappa shape index (κ3) is 2.85. The van der Waals surface area contributed by atoms with E-state index in [0.717, 1.165) is 6.07 Å². The average Bonchev–Trinajstić information content (AvgIpc) is 2.34. The zero-order valence-electron chi connectivity index (χ0n) is 10.1. The van der Waals surface area contributed by atoms with E-state index >= 15 is 0 Å². The van der Waals surface area contributed by atoms with Crippen molar-refractivity contribution in [2.75, 3.05) is 13.7 Å². The molecule has 0 saturated carbocycles. The Bertz CT molecular complexity index is 495. The Morgan fingerprint density at radius 1 is 1.56 bits per heavy atom. The maximum Gasteiger partial charge on any atom is 0.338 e. The van der Waals surface area contributed by atoms with E-state index in [4.69, 9.17) is 4.74 Å². The van der Waals surface area contributed by atoms with Crippen molar-refractivity contribution in [2.24, 2.45) is 0 Å². The number of ether oxygens (including phenoxy) is 2. The summed E-state index contributed by atoms with van der Waals surface area (Å²) < 4.78 is 9.74. The molecule has 0 aliphatic heterocycles. The Kier molecular flexibility index (Phi) is 4.42. The second-order valence-corrected chi connectivity index (χ2v) is 3.48. The second kappa shape index (κ2) is 5.81. The lowest BCUT2D eigenvalue weighted by molar-refractivity contribution is -0.385. The first kappa shape index (κ1) is 13.7. The summed E-state index contributed by atoms with van der Waals surface area (Å²) in [6.07, 6.45) is 1.48. The van der Waals surface area contributed by atoms with Crippen LogP contribution < -0.4 is 4.74 Å². The number of methoxy groups -OCH3 is 1. The molecule has 0 N–H and O–H groups in total. The summed E-state index contributed by atoms with van der Waals surface area (Å²) in [7, 11) is 1.22. The van der Waals surface area contributed by atoms with Crippen LogP contribution in [-0.4, -0.2) is 24.6 Å². The van der Waals surface area contributed by atoms with E-state index in [1.165, 1.54) is 19.3 Å². The lowest BCUT2D eigenvalue weighted by atomic mass is 10.1. The van der Waals surface area contributed by atoms with Crippen LogP contribution >= 0.6 is 0 Å². The molecule has 1 rings (SSSR count). The van der Waals surface area contributed by atoms with Crippen LogP contribution in [0.3, 0.4) is 0 Å². The van der Waals surface area contributed by atoms with E-state index in [0.29, 0.717) is 5.56 Å². The smallest absolute Gasteiger partial charge is 0.338 e. The molecule has 96 valence electrons. The lowest BCUT2D eigenvalue weighted by Gasteiger charge is -2.08. The number of carbonyl (C=O) groups is 1. The molecule has 0 amide bonds. The van der Waals surface area contributed by atoms with E-state index < -0.39 is 10.9 Å². The van der Waals surface area contributed by atoms with Gasteiger partial charge in [-0.25, -0.2) is 4.79 Å². The summed E-state index contributed by atoms with van der Waals surface area (Å²) in [6.45, 7) is 5.26. The normalized spacial score (nSPS) is 9.67. The fourth-order valence-electron chi connectivity index (χ4n) is 1.41. The van der Waals surface area contributed by atoms with Crippen molar-refractivity contribution in [1.29, 1.82) is 0 Å². The molecule has 1 aromatic rings. The van der Waals surface area contributed by atoms with Gasteiger partial charge < -0.3 is 9.47 Å². The topological polar surface area (TPSA) is 78.7 Å². The van der Waals surface area contributed by atoms with Gasteiger partial charge in [0.1, 0.15) is 6.61 Å². The van der Waals surface area contributed by atoms with Crippen LogP contribution in [0.1, 0.15) is 15.9 Å². The molecule has 6 nitrogen and oxygen atoms in total. The van der Waals surface area contributed by atoms with Gasteiger partial charge >= 0.3 is 11.7 Å². The van der Waals surface area contributed by atoms with Crippen molar-refractivity contribution in [2.45, 2.75) is 6.92 Å². The number of benzene rings is 1. The van der Waals surface area contributed by atoms with Crippen LogP contribution in [0.15, 0.2) is 24.8 Å². The fraction of sp³-hybridized carbons (Fsp3) is 0.250. The Balaban J connectivity index is 3.29. The van der Waals surface area contributed by atoms with Crippen LogP contribution in [0.5, 0.6) is 5.75 Å². The molecular weight excluding hydrogens is 238 g/mol. The van der Waals surface area contributed by atoms with Gasteiger partial charge in [0.15, 0.2) is 5.75 Å². The minimum absolute atomic E-state index is 0.102. The summed E-state index contributed by atoms with van der Waals surface area (Å²) >= 11 is 0. The quantitative estimate of drug-likeness (QED) is 0.347. The Morgan fingerprint density at radius 3 is 2.72 bits per heavy atom. The minimum Gasteiger partial charge on any atom is -0.483 e. The third-order valence-corrected chi connectivity index (χ3v) is 2.26. The van der Waals surface area contributed by atoms with Gasteiger partial charge in [-0.1, -0.05) is 12.7 Å². The van der Waals surface area contributed by atoms with E-state index in [1.54, 1.807) is 6.92 Å². The highest BCUT2D eigenvalue weighted by Crippen LogP contribution is 2.30. The molecule has 18 heavy (non-hydrogen) atoms. The van der Waals surface area contributed by atoms with Crippen molar-refractivity contribution < 1.29 is 19.2 Å². The van der Waals surface area contributed by atoms with Gasteiger partial charge in [0, 0.05) is 6.07 Å². The minimum atomic E-state index is -0.620. The zero-order valence-corrected chi connectivity index (χ0v) is 10.1. The molecule has 0 unspecified atom stereocenters. The van der Waals surface area contributed by atoms with Crippen LogP contribution in [0.4, 0.5) is 5.69 Å². The Labute approximate surface area is 104 Å². The van der Waals surface area contributed by atoms with Crippen molar-refractivity contribution in [1.82, 2.24) is 0 Å². The van der Waals surface area contributed by atoms with E-state index in [-0.39, 0.29) is 23.6 Å². The SMILES string of the molecule is C=CCOc1cc(C)c(C(=O)OC)cc1[N+](=O)[O-]. The molecule has 0 aliphatic carbocycles. The molecule has 6 heteroatoms. The first-order chi connectivity index (χ1) is 8.51. The van der Waals surface area contributed by atoms with Crippen LogP contribution in [0, 0.1) is 17.0 Å². The predicted molar refractivity (Wildman–Crippen MR) is 64.9 cm³/mol. The second-order valence-electron chi connectivity index (χ2n) is 3.48. The Morgan fingerprint density at radius 2 is 2.22 bits per heavy atom. The van der Waals surface area contributed by atoms with Crippen LogP contribution in [0.25, 0.3) is 0 Å². The third-order valence-electron chi connectivity index (χ3n) is 2.26. The highest BCUT2D eigenvalue weighted by Gasteiger charge is 2.21. The van der Waals surface area contributed by atoms with Crippen molar-refractivity contribution in [3.63, 3.8) is 0 Å². The number of nitro groups is 1. The van der Waals surface area contributed by atoms with E-state index in [9.17, 15) is 14.9 Å². The fourth-order valence-corrected chi connectivity index (χ4v) is 1.41. The van der Waals surface area contributed by atoms with Crippen LogP contribution in [-0.2, 0) is 4.74 Å². The average molecular weight is 251 g/mol. The highest BCUT2D eigenvalue weighted by atomic mass is 16.6. The molecular formula is C12H13NO5.